The molecular weight excluding hydrogens is 272 g/mol. The number of anilines is 1. The summed E-state index contributed by atoms with van der Waals surface area (Å²) in [5, 5.41) is 9.35. The van der Waals surface area contributed by atoms with Gasteiger partial charge in [0.25, 0.3) is 5.92 Å². The molecule has 0 amide bonds. The van der Waals surface area contributed by atoms with E-state index in [1.807, 2.05) is 0 Å². The molecule has 0 aromatic carbocycles. The van der Waals surface area contributed by atoms with E-state index in [4.69, 9.17) is 16.9 Å². The number of hydrogen-bond donors (Lipinski definition) is 2. The molecule has 1 aliphatic rings. The van der Waals surface area contributed by atoms with Crippen molar-refractivity contribution in [1.29, 1.82) is 0 Å². The number of terminal acetylenes is 1. The van der Waals surface area contributed by atoms with Crippen LogP contribution in [0.25, 0.3) is 0 Å². The molecule has 3 atom stereocenters. The lowest BCUT2D eigenvalue weighted by atomic mass is 10.1. The van der Waals surface area contributed by atoms with E-state index in [1.54, 1.807) is 0 Å². The molecule has 0 bridgehead atoms. The van der Waals surface area contributed by atoms with Crippen molar-refractivity contribution >= 4 is 5.82 Å². The van der Waals surface area contributed by atoms with Crippen molar-refractivity contribution in [1.82, 2.24) is 9.55 Å². The lowest BCUT2D eigenvalue weighted by molar-refractivity contribution is -0.126. The number of nitrogens with two attached hydrogens (primary N) is 1. The molecule has 1 aliphatic heterocycles. The van der Waals surface area contributed by atoms with Crippen molar-refractivity contribution in [2.24, 2.45) is 0 Å². The third-order valence-electron chi connectivity index (χ3n) is 3.07. The smallest absolute Gasteiger partial charge is 0.351 e. The summed E-state index contributed by atoms with van der Waals surface area (Å²) in [6.45, 7) is 1.33. The number of halogens is 2. The van der Waals surface area contributed by atoms with Crippen molar-refractivity contribution in [3.05, 3.63) is 22.2 Å². The molecule has 3 N–H and O–H groups in total. The van der Waals surface area contributed by atoms with Crippen LogP contribution in [0.2, 0.25) is 0 Å². The fraction of sp³-hybridized carbons (Fsp3) is 0.500. The van der Waals surface area contributed by atoms with Gasteiger partial charge in [0.15, 0.2) is 0 Å². The maximum Gasteiger partial charge on any atom is 0.351 e. The van der Waals surface area contributed by atoms with Gasteiger partial charge in [-0.2, -0.15) is 4.98 Å². The van der Waals surface area contributed by atoms with Crippen LogP contribution in [0.5, 0.6) is 0 Å². The number of aromatic nitrogens is 2. The first-order valence-corrected chi connectivity index (χ1v) is 5.83. The molecule has 2 heterocycles. The summed E-state index contributed by atoms with van der Waals surface area (Å²) in [6, 6.07) is 0. The number of nitrogen functional groups attached to an aromatic ring is 1. The Balaban J connectivity index is 2.47. The highest BCUT2D eigenvalue weighted by molar-refractivity contribution is 5.47. The summed E-state index contributed by atoms with van der Waals surface area (Å²) < 4.78 is 33.5. The summed E-state index contributed by atoms with van der Waals surface area (Å²) in [4.78, 5) is 15.1. The average Bonchev–Trinajstić information content (AvgIpc) is 2.66. The molecule has 0 saturated carbocycles. The van der Waals surface area contributed by atoms with Gasteiger partial charge < -0.3 is 15.6 Å². The Morgan fingerprint density at radius 1 is 1.75 bits per heavy atom. The SMILES string of the molecule is C#Cc1cn(C2OC(C(C)O)CC2(F)F)c(=O)nc1N. The van der Waals surface area contributed by atoms with E-state index >= 15 is 0 Å². The van der Waals surface area contributed by atoms with Crippen LogP contribution in [0, 0.1) is 12.3 Å². The summed E-state index contributed by atoms with van der Waals surface area (Å²) in [5.41, 5.74) is 4.44. The van der Waals surface area contributed by atoms with Crippen LogP contribution in [0.15, 0.2) is 11.0 Å². The quantitative estimate of drug-likeness (QED) is 0.753. The monoisotopic (exact) mass is 285 g/mol. The van der Waals surface area contributed by atoms with Gasteiger partial charge in [0.2, 0.25) is 6.23 Å². The van der Waals surface area contributed by atoms with Crippen molar-refractivity contribution in [3.8, 4) is 12.3 Å². The topological polar surface area (TPSA) is 90.4 Å². The lowest BCUT2D eigenvalue weighted by Crippen LogP contribution is -2.35. The number of hydrogen-bond acceptors (Lipinski definition) is 5. The van der Waals surface area contributed by atoms with Gasteiger partial charge in [-0.1, -0.05) is 5.92 Å². The largest absolute Gasteiger partial charge is 0.391 e. The zero-order valence-electron chi connectivity index (χ0n) is 10.6. The molecule has 0 spiro atoms. The van der Waals surface area contributed by atoms with E-state index in [-0.39, 0.29) is 11.4 Å². The van der Waals surface area contributed by atoms with E-state index < -0.39 is 36.5 Å². The van der Waals surface area contributed by atoms with Crippen LogP contribution >= 0.6 is 0 Å². The van der Waals surface area contributed by atoms with E-state index in [2.05, 4.69) is 10.9 Å². The van der Waals surface area contributed by atoms with Crippen LogP contribution in [0.4, 0.5) is 14.6 Å². The Morgan fingerprint density at radius 3 is 2.90 bits per heavy atom. The fourth-order valence-electron chi connectivity index (χ4n) is 2.00. The molecule has 6 nitrogen and oxygen atoms in total. The summed E-state index contributed by atoms with van der Waals surface area (Å²) >= 11 is 0. The second-order valence-corrected chi connectivity index (χ2v) is 4.61. The molecule has 1 aromatic rings. The highest BCUT2D eigenvalue weighted by Crippen LogP contribution is 2.42. The maximum atomic E-state index is 13.9. The Bertz CT molecular complexity index is 621. The van der Waals surface area contributed by atoms with Crippen molar-refractivity contribution in [2.75, 3.05) is 5.73 Å². The van der Waals surface area contributed by atoms with Gasteiger partial charge in [-0.15, -0.1) is 6.42 Å². The third kappa shape index (κ3) is 2.37. The number of rotatable bonds is 2. The standard InChI is InChI=1S/C12H13F2N3O3/c1-3-7-5-17(11(19)16-9(7)15)10-12(13,14)4-8(20-10)6(2)18/h1,5-6,8,10,18H,4H2,2H3,(H2,15,16,19). The van der Waals surface area contributed by atoms with Crippen LogP contribution in [0.3, 0.4) is 0 Å². The van der Waals surface area contributed by atoms with Gasteiger partial charge in [0, 0.05) is 12.6 Å². The highest BCUT2D eigenvalue weighted by Gasteiger charge is 2.53. The number of aliphatic hydroxyl groups is 1. The number of ether oxygens (including phenoxy) is 1. The Hall–Kier alpha value is -1.98. The van der Waals surface area contributed by atoms with Gasteiger partial charge in [-0.05, 0) is 6.92 Å². The van der Waals surface area contributed by atoms with E-state index in [0.717, 1.165) is 6.20 Å². The Kier molecular flexibility index (Phi) is 3.50. The predicted octanol–water partition coefficient (Wildman–Crippen LogP) is 0.110. The first-order valence-electron chi connectivity index (χ1n) is 5.83. The van der Waals surface area contributed by atoms with Crippen molar-refractivity contribution in [2.45, 2.75) is 37.7 Å². The fourth-order valence-corrected chi connectivity index (χ4v) is 2.00. The van der Waals surface area contributed by atoms with Crippen LogP contribution in [-0.2, 0) is 4.74 Å². The van der Waals surface area contributed by atoms with Gasteiger partial charge in [0.1, 0.15) is 5.82 Å². The molecule has 8 heteroatoms. The number of nitrogens with zero attached hydrogens (tertiary/aromatic N) is 2. The van der Waals surface area contributed by atoms with E-state index in [0.29, 0.717) is 4.57 Å². The molecular formula is C12H13F2N3O3. The Morgan fingerprint density at radius 2 is 2.40 bits per heavy atom. The van der Waals surface area contributed by atoms with Crippen LogP contribution in [-0.4, -0.2) is 32.8 Å². The van der Waals surface area contributed by atoms with Gasteiger partial charge in [-0.25, -0.2) is 13.6 Å². The first-order chi connectivity index (χ1) is 9.26. The predicted molar refractivity (Wildman–Crippen MR) is 66.0 cm³/mol. The molecule has 3 unspecified atom stereocenters. The second kappa shape index (κ2) is 4.85. The average molecular weight is 285 g/mol. The minimum Gasteiger partial charge on any atom is -0.391 e. The molecule has 1 fully saturated rings. The minimum absolute atomic E-state index is 0.0181. The molecule has 0 radical (unpaired) electrons. The normalized spacial score (nSPS) is 26.1. The summed E-state index contributed by atoms with van der Waals surface area (Å²) in [5.74, 6) is -1.38. The molecule has 2 rings (SSSR count). The Labute approximate surface area is 113 Å². The molecule has 108 valence electrons. The van der Waals surface area contributed by atoms with Crippen molar-refractivity contribution in [3.63, 3.8) is 0 Å². The second-order valence-electron chi connectivity index (χ2n) is 4.61. The maximum absolute atomic E-state index is 13.9. The van der Waals surface area contributed by atoms with Crippen LogP contribution < -0.4 is 11.4 Å². The van der Waals surface area contributed by atoms with E-state index in [1.165, 1.54) is 6.92 Å². The zero-order chi connectivity index (χ0) is 15.1. The first kappa shape index (κ1) is 14.4. The third-order valence-corrected chi connectivity index (χ3v) is 3.07. The van der Waals surface area contributed by atoms with Crippen molar-refractivity contribution < 1.29 is 18.6 Å². The number of alkyl halides is 2. The lowest BCUT2D eigenvalue weighted by Gasteiger charge is -2.20. The van der Waals surface area contributed by atoms with Gasteiger partial charge in [0.05, 0.1) is 17.8 Å². The summed E-state index contributed by atoms with van der Waals surface area (Å²) in [7, 11) is 0. The molecule has 20 heavy (non-hydrogen) atoms. The highest BCUT2D eigenvalue weighted by atomic mass is 19.3. The minimum atomic E-state index is -3.32. The number of aliphatic hydroxyl groups excluding tert-OH is 1. The summed E-state index contributed by atoms with van der Waals surface area (Å²) in [6.07, 6.45) is 1.44. The molecule has 0 aliphatic carbocycles. The van der Waals surface area contributed by atoms with E-state index in [9.17, 15) is 18.7 Å². The zero-order valence-corrected chi connectivity index (χ0v) is 10.6. The molecule has 1 aromatic heterocycles. The van der Waals surface area contributed by atoms with Gasteiger partial charge >= 0.3 is 5.69 Å². The van der Waals surface area contributed by atoms with Gasteiger partial charge in [-0.3, -0.25) is 4.57 Å². The molecule has 1 saturated heterocycles. The van der Waals surface area contributed by atoms with Crippen LogP contribution in [0.1, 0.15) is 25.1 Å².